The molecule has 0 aliphatic rings. The molecule has 0 saturated carbocycles. The number of hydrogen-bond acceptors (Lipinski definition) is 6. The largest absolute Gasteiger partial charge is 0.462 e. The molecule has 0 aliphatic carbocycles. The molecule has 460 valence electrons. The van der Waals surface area contributed by atoms with Crippen molar-refractivity contribution in [1.29, 1.82) is 0 Å². The summed E-state index contributed by atoms with van der Waals surface area (Å²) in [6.45, 7) is 6.66. The molecule has 6 heteroatoms. The summed E-state index contributed by atoms with van der Waals surface area (Å²) in [7, 11) is 0. The normalized spacial score (nSPS) is 12.4. The van der Waals surface area contributed by atoms with Crippen LogP contribution in [0.5, 0.6) is 0 Å². The fourth-order valence-electron chi connectivity index (χ4n) is 10.2. The van der Waals surface area contributed by atoms with Crippen LogP contribution in [0, 0.1) is 0 Å². The highest BCUT2D eigenvalue weighted by Gasteiger charge is 2.19. The van der Waals surface area contributed by atoms with Crippen LogP contribution in [0.25, 0.3) is 0 Å². The zero-order valence-electron chi connectivity index (χ0n) is 52.9. The Morgan fingerprint density at radius 3 is 0.734 bits per heavy atom. The van der Waals surface area contributed by atoms with Crippen LogP contribution < -0.4 is 0 Å². The number of allylic oxidation sites excluding steroid dienone is 10. The van der Waals surface area contributed by atoms with Gasteiger partial charge < -0.3 is 14.2 Å². The van der Waals surface area contributed by atoms with E-state index in [9.17, 15) is 14.4 Å². The maximum Gasteiger partial charge on any atom is 0.306 e. The van der Waals surface area contributed by atoms with Gasteiger partial charge >= 0.3 is 17.9 Å². The molecule has 0 aromatic carbocycles. The zero-order valence-corrected chi connectivity index (χ0v) is 52.9. The number of rotatable bonds is 64. The number of hydrogen-bond donors (Lipinski definition) is 0. The number of unbranched alkanes of at least 4 members (excludes halogenated alkanes) is 43. The fraction of sp³-hybridized carbons (Fsp3) is 0.822. The van der Waals surface area contributed by atoms with E-state index < -0.39 is 6.10 Å². The molecule has 1 atom stereocenters. The first kappa shape index (κ1) is 76.1. The molecule has 0 N–H and O–H groups in total. The number of carbonyl (C=O) groups excluding carboxylic acids is 3. The summed E-state index contributed by atoms with van der Waals surface area (Å²) >= 11 is 0. The van der Waals surface area contributed by atoms with Gasteiger partial charge in [0.05, 0.1) is 0 Å². The second kappa shape index (κ2) is 67.6. The molecule has 0 aliphatic heterocycles. The SMILES string of the molecule is CCCCC/C=C\C/C=C\CCCCCCCCCC(=O)OCC(COC(=O)CCCCCCCCCCCC/C=C\C/C=C\C/C=C\CCCCCCC)OC(=O)CCCCCCCCCCCCCCCCCCCCC. The fourth-order valence-corrected chi connectivity index (χ4v) is 10.2. The van der Waals surface area contributed by atoms with Gasteiger partial charge in [-0.05, 0) is 89.9 Å². The highest BCUT2D eigenvalue weighted by atomic mass is 16.6. The standard InChI is InChI=1S/C73H132O6/c1-4-7-10-13-16-19-22-25-28-31-33-34-35-36-37-38-40-42-45-48-51-54-57-60-63-66-72(75)78-69-70(68-77-71(74)65-62-59-56-53-50-47-44-41-30-27-24-21-18-15-12-9-6-3)79-73(76)67-64-61-58-55-52-49-46-43-39-32-29-26-23-20-17-14-11-8-5-2/h18,21-22,25,27,30-31,33,35-36,70H,4-17,19-20,23-24,26,28-29,32,34,37-69H2,1-3H3/b21-18-,25-22-,30-27-,33-31-,36-35-. The molecule has 0 saturated heterocycles. The van der Waals surface area contributed by atoms with Crippen molar-refractivity contribution >= 4 is 17.9 Å². The van der Waals surface area contributed by atoms with E-state index in [-0.39, 0.29) is 31.1 Å². The minimum atomic E-state index is -0.779. The molecule has 0 spiro atoms. The average Bonchev–Trinajstić information content (AvgIpc) is 3.45. The van der Waals surface area contributed by atoms with E-state index in [0.29, 0.717) is 19.3 Å². The van der Waals surface area contributed by atoms with E-state index in [0.717, 1.165) is 83.5 Å². The van der Waals surface area contributed by atoms with Crippen molar-refractivity contribution in [3.63, 3.8) is 0 Å². The molecule has 0 aromatic rings. The Morgan fingerprint density at radius 1 is 0.253 bits per heavy atom. The van der Waals surface area contributed by atoms with Crippen LogP contribution in [0.4, 0.5) is 0 Å². The summed E-state index contributed by atoms with van der Waals surface area (Å²) < 4.78 is 17.0. The highest BCUT2D eigenvalue weighted by molar-refractivity contribution is 5.71. The third-order valence-electron chi connectivity index (χ3n) is 15.5. The summed E-state index contributed by atoms with van der Waals surface area (Å²) in [6, 6.07) is 0. The lowest BCUT2D eigenvalue weighted by Crippen LogP contribution is -2.30. The summed E-state index contributed by atoms with van der Waals surface area (Å²) in [5.41, 5.74) is 0. The molecule has 6 nitrogen and oxygen atoms in total. The van der Waals surface area contributed by atoms with Crippen LogP contribution in [-0.4, -0.2) is 37.2 Å². The maximum absolute atomic E-state index is 13.0. The number of esters is 3. The predicted molar refractivity (Wildman–Crippen MR) is 344 cm³/mol. The molecule has 0 radical (unpaired) electrons. The Labute approximate surface area is 491 Å². The first-order chi connectivity index (χ1) is 39.0. The van der Waals surface area contributed by atoms with Gasteiger partial charge in [-0.15, -0.1) is 0 Å². The average molecular weight is 1110 g/mol. The smallest absolute Gasteiger partial charge is 0.306 e. The van der Waals surface area contributed by atoms with Gasteiger partial charge in [0.1, 0.15) is 13.2 Å². The van der Waals surface area contributed by atoms with E-state index in [1.807, 2.05) is 0 Å². The molecule has 0 rings (SSSR count). The zero-order chi connectivity index (χ0) is 57.1. The van der Waals surface area contributed by atoms with Crippen LogP contribution in [0.2, 0.25) is 0 Å². The van der Waals surface area contributed by atoms with E-state index in [2.05, 4.69) is 81.5 Å². The molecule has 79 heavy (non-hydrogen) atoms. The van der Waals surface area contributed by atoms with Gasteiger partial charge in [0.2, 0.25) is 0 Å². The first-order valence-corrected chi connectivity index (χ1v) is 34.8. The van der Waals surface area contributed by atoms with E-state index in [1.165, 1.54) is 244 Å². The third-order valence-corrected chi connectivity index (χ3v) is 15.5. The third kappa shape index (κ3) is 65.8. The lowest BCUT2D eigenvalue weighted by molar-refractivity contribution is -0.167. The first-order valence-electron chi connectivity index (χ1n) is 34.8. The molecule has 1 unspecified atom stereocenters. The molecular formula is C73H132O6. The lowest BCUT2D eigenvalue weighted by Gasteiger charge is -2.18. The minimum Gasteiger partial charge on any atom is -0.462 e. The van der Waals surface area contributed by atoms with E-state index in [4.69, 9.17) is 14.2 Å². The Morgan fingerprint density at radius 2 is 0.456 bits per heavy atom. The van der Waals surface area contributed by atoms with Crippen molar-refractivity contribution in [3.05, 3.63) is 60.8 Å². The van der Waals surface area contributed by atoms with E-state index in [1.54, 1.807) is 0 Å². The quantitative estimate of drug-likeness (QED) is 0.0261. The Balaban J connectivity index is 4.33. The molecule has 0 amide bonds. The highest BCUT2D eigenvalue weighted by Crippen LogP contribution is 2.18. The van der Waals surface area contributed by atoms with Crippen molar-refractivity contribution in [2.45, 2.75) is 374 Å². The van der Waals surface area contributed by atoms with Crippen molar-refractivity contribution < 1.29 is 28.6 Å². The van der Waals surface area contributed by atoms with Gasteiger partial charge in [0.25, 0.3) is 0 Å². The topological polar surface area (TPSA) is 78.9 Å². The summed E-state index contributed by atoms with van der Waals surface area (Å²) in [4.78, 5) is 38.4. The second-order valence-corrected chi connectivity index (χ2v) is 23.4. The van der Waals surface area contributed by atoms with E-state index >= 15 is 0 Å². The van der Waals surface area contributed by atoms with Gasteiger partial charge in [-0.1, -0.05) is 319 Å². The Bertz CT molecular complexity index is 1410. The molecular weight excluding hydrogens is 973 g/mol. The lowest BCUT2D eigenvalue weighted by atomic mass is 10.0. The summed E-state index contributed by atoms with van der Waals surface area (Å²) in [6.07, 6.45) is 86.6. The van der Waals surface area contributed by atoms with Crippen LogP contribution in [0.15, 0.2) is 60.8 Å². The van der Waals surface area contributed by atoms with Gasteiger partial charge in [0, 0.05) is 19.3 Å². The Kier molecular flexibility index (Phi) is 65.1. The Hall–Kier alpha value is -2.89. The monoisotopic (exact) mass is 1110 g/mol. The van der Waals surface area contributed by atoms with Crippen LogP contribution in [0.1, 0.15) is 367 Å². The van der Waals surface area contributed by atoms with Gasteiger partial charge in [-0.2, -0.15) is 0 Å². The molecule has 0 heterocycles. The van der Waals surface area contributed by atoms with Gasteiger partial charge in [0.15, 0.2) is 6.10 Å². The number of ether oxygens (including phenoxy) is 3. The second-order valence-electron chi connectivity index (χ2n) is 23.4. The van der Waals surface area contributed by atoms with Crippen LogP contribution >= 0.6 is 0 Å². The summed E-state index contributed by atoms with van der Waals surface area (Å²) in [5.74, 6) is -0.863. The molecule has 0 bridgehead atoms. The maximum atomic E-state index is 13.0. The number of carbonyl (C=O) groups is 3. The molecule has 0 aromatic heterocycles. The van der Waals surface area contributed by atoms with Gasteiger partial charge in [-0.3, -0.25) is 14.4 Å². The van der Waals surface area contributed by atoms with Gasteiger partial charge in [-0.25, -0.2) is 0 Å². The molecule has 0 fully saturated rings. The minimum absolute atomic E-state index is 0.0753. The van der Waals surface area contributed by atoms with Crippen LogP contribution in [0.3, 0.4) is 0 Å². The van der Waals surface area contributed by atoms with Crippen molar-refractivity contribution in [3.8, 4) is 0 Å². The van der Waals surface area contributed by atoms with Crippen molar-refractivity contribution in [2.24, 2.45) is 0 Å². The van der Waals surface area contributed by atoms with Crippen molar-refractivity contribution in [1.82, 2.24) is 0 Å². The predicted octanol–water partition coefficient (Wildman–Crippen LogP) is 23.9. The van der Waals surface area contributed by atoms with Crippen LogP contribution in [-0.2, 0) is 28.6 Å². The van der Waals surface area contributed by atoms with Crippen molar-refractivity contribution in [2.75, 3.05) is 13.2 Å². The summed E-state index contributed by atoms with van der Waals surface area (Å²) in [5, 5.41) is 0.